The lowest BCUT2D eigenvalue weighted by molar-refractivity contribution is -0.113. The van der Waals surface area contributed by atoms with Crippen LogP contribution in [0.15, 0.2) is 75.5 Å². The Kier molecular flexibility index (Phi) is 8.79. The highest BCUT2D eigenvalue weighted by Crippen LogP contribution is 2.31. The molecule has 0 aliphatic rings. The van der Waals surface area contributed by atoms with Gasteiger partial charge in [0.1, 0.15) is 5.75 Å². The molecule has 4 aromatic rings. The standard InChI is InChI=1S/C26H24BrN3O3S2/c1-2-3-14-33-21-11-4-17(5-12-21)25(32)29-20-10-13-22-23(15-20)35-26(30-22)34-16-24(31)28-19-8-6-18(27)7-9-19/h4-13,15H,2-3,14,16H2,1H3,(H,28,31)(H,29,32). The van der Waals surface area contributed by atoms with Crippen molar-refractivity contribution in [2.24, 2.45) is 0 Å². The van der Waals surface area contributed by atoms with Crippen LogP contribution in [0.2, 0.25) is 0 Å². The van der Waals surface area contributed by atoms with Gasteiger partial charge in [0.2, 0.25) is 5.91 Å². The molecule has 6 nitrogen and oxygen atoms in total. The molecule has 2 amide bonds. The van der Waals surface area contributed by atoms with Gasteiger partial charge in [-0.25, -0.2) is 4.98 Å². The zero-order chi connectivity index (χ0) is 24.6. The van der Waals surface area contributed by atoms with Gasteiger partial charge in [-0.1, -0.05) is 41.0 Å². The molecule has 1 heterocycles. The Bertz CT molecular complexity index is 1310. The summed E-state index contributed by atoms with van der Waals surface area (Å²) in [6, 6.07) is 20.2. The average molecular weight is 571 g/mol. The van der Waals surface area contributed by atoms with Gasteiger partial charge in [0.15, 0.2) is 4.34 Å². The van der Waals surface area contributed by atoms with Crippen LogP contribution < -0.4 is 15.4 Å². The van der Waals surface area contributed by atoms with E-state index < -0.39 is 0 Å². The number of ether oxygens (including phenoxy) is 1. The SMILES string of the molecule is CCCCOc1ccc(C(=O)Nc2ccc3nc(SCC(=O)Nc4ccc(Br)cc4)sc3c2)cc1. The molecule has 2 N–H and O–H groups in total. The molecule has 0 spiro atoms. The molecule has 4 rings (SSSR count). The Morgan fingerprint density at radius 1 is 1.00 bits per heavy atom. The second-order valence-corrected chi connectivity index (χ2v) is 10.9. The minimum absolute atomic E-state index is 0.0914. The minimum Gasteiger partial charge on any atom is -0.494 e. The summed E-state index contributed by atoms with van der Waals surface area (Å²) in [6.07, 6.45) is 2.08. The van der Waals surface area contributed by atoms with Crippen molar-refractivity contribution < 1.29 is 14.3 Å². The highest BCUT2D eigenvalue weighted by atomic mass is 79.9. The second kappa shape index (κ2) is 12.2. The number of halogens is 1. The minimum atomic E-state index is -0.187. The van der Waals surface area contributed by atoms with E-state index in [-0.39, 0.29) is 17.6 Å². The van der Waals surface area contributed by atoms with Crippen molar-refractivity contribution in [3.05, 3.63) is 76.8 Å². The number of fused-ring (bicyclic) bond motifs is 1. The number of anilines is 2. The van der Waals surface area contributed by atoms with Crippen LogP contribution in [0.4, 0.5) is 11.4 Å². The Balaban J connectivity index is 1.32. The average Bonchev–Trinajstić information content (AvgIpc) is 3.27. The Morgan fingerprint density at radius 2 is 1.74 bits per heavy atom. The molecule has 0 saturated heterocycles. The van der Waals surface area contributed by atoms with E-state index >= 15 is 0 Å². The molecular formula is C26H24BrN3O3S2. The summed E-state index contributed by atoms with van der Waals surface area (Å²) in [7, 11) is 0. The zero-order valence-corrected chi connectivity index (χ0v) is 22.3. The number of amides is 2. The third-order valence-electron chi connectivity index (χ3n) is 4.96. The largest absolute Gasteiger partial charge is 0.494 e. The van der Waals surface area contributed by atoms with E-state index in [2.05, 4.69) is 38.5 Å². The maximum Gasteiger partial charge on any atom is 0.255 e. The summed E-state index contributed by atoms with van der Waals surface area (Å²) in [5, 5.41) is 5.81. The van der Waals surface area contributed by atoms with Crippen LogP contribution in [-0.2, 0) is 4.79 Å². The number of nitrogens with zero attached hydrogens (tertiary/aromatic N) is 1. The number of aromatic nitrogens is 1. The fraction of sp³-hybridized carbons (Fsp3) is 0.192. The van der Waals surface area contributed by atoms with Gasteiger partial charge in [0.25, 0.3) is 5.91 Å². The van der Waals surface area contributed by atoms with Crippen molar-refractivity contribution in [1.29, 1.82) is 0 Å². The molecule has 1 aromatic heterocycles. The fourth-order valence-corrected chi connectivity index (χ4v) is 5.31. The van der Waals surface area contributed by atoms with Crippen molar-refractivity contribution in [3.63, 3.8) is 0 Å². The van der Waals surface area contributed by atoms with Crippen molar-refractivity contribution >= 4 is 72.4 Å². The third-order valence-corrected chi connectivity index (χ3v) is 7.65. The quantitative estimate of drug-likeness (QED) is 0.155. The molecule has 9 heteroatoms. The smallest absolute Gasteiger partial charge is 0.255 e. The normalized spacial score (nSPS) is 10.8. The van der Waals surface area contributed by atoms with Crippen LogP contribution >= 0.6 is 39.0 Å². The van der Waals surface area contributed by atoms with E-state index in [1.54, 1.807) is 12.1 Å². The Hall–Kier alpha value is -2.88. The van der Waals surface area contributed by atoms with E-state index in [1.807, 2.05) is 54.6 Å². The van der Waals surface area contributed by atoms with E-state index in [9.17, 15) is 9.59 Å². The van der Waals surface area contributed by atoms with Gasteiger partial charge in [-0.15, -0.1) is 11.3 Å². The molecular weight excluding hydrogens is 546 g/mol. The highest BCUT2D eigenvalue weighted by Gasteiger charge is 2.11. The molecule has 3 aromatic carbocycles. The molecule has 0 radical (unpaired) electrons. The number of rotatable bonds is 10. The van der Waals surface area contributed by atoms with Gasteiger partial charge in [-0.3, -0.25) is 9.59 Å². The lowest BCUT2D eigenvalue weighted by atomic mass is 10.2. The van der Waals surface area contributed by atoms with E-state index in [4.69, 9.17) is 4.74 Å². The van der Waals surface area contributed by atoms with Crippen LogP contribution in [0.5, 0.6) is 5.75 Å². The number of thiazole rings is 1. The van der Waals surface area contributed by atoms with Gasteiger partial charge in [0.05, 0.1) is 22.6 Å². The predicted molar refractivity (Wildman–Crippen MR) is 148 cm³/mol. The van der Waals surface area contributed by atoms with Crippen molar-refractivity contribution in [2.45, 2.75) is 24.1 Å². The number of carbonyl (C=O) groups is 2. The first-order valence-corrected chi connectivity index (χ1v) is 13.7. The molecule has 0 aliphatic carbocycles. The first-order valence-electron chi connectivity index (χ1n) is 11.1. The number of unbranched alkanes of at least 4 members (excludes halogenated alkanes) is 1. The summed E-state index contributed by atoms with van der Waals surface area (Å²) >= 11 is 6.26. The third kappa shape index (κ3) is 7.30. The first kappa shape index (κ1) is 25.2. The number of nitrogens with one attached hydrogen (secondary N) is 2. The molecule has 0 atom stereocenters. The van der Waals surface area contributed by atoms with Crippen molar-refractivity contribution in [1.82, 2.24) is 4.98 Å². The Labute approximate surface area is 220 Å². The summed E-state index contributed by atoms with van der Waals surface area (Å²) in [5.41, 5.74) is 2.84. The summed E-state index contributed by atoms with van der Waals surface area (Å²) in [6.45, 7) is 2.79. The number of benzene rings is 3. The summed E-state index contributed by atoms with van der Waals surface area (Å²) < 4.78 is 8.35. The van der Waals surface area contributed by atoms with Gasteiger partial charge < -0.3 is 15.4 Å². The molecule has 0 bridgehead atoms. The number of thioether (sulfide) groups is 1. The highest BCUT2D eigenvalue weighted by molar-refractivity contribution is 9.10. The van der Waals surface area contributed by atoms with Gasteiger partial charge >= 0.3 is 0 Å². The molecule has 35 heavy (non-hydrogen) atoms. The first-order chi connectivity index (χ1) is 17.0. The predicted octanol–water partition coefficient (Wildman–Crippen LogP) is 7.22. The van der Waals surface area contributed by atoms with Crippen molar-refractivity contribution in [3.8, 4) is 5.75 Å². The summed E-state index contributed by atoms with van der Waals surface area (Å²) in [5.74, 6) is 0.744. The lowest BCUT2D eigenvalue weighted by Gasteiger charge is -2.07. The maximum absolute atomic E-state index is 12.7. The van der Waals surface area contributed by atoms with Gasteiger partial charge in [0, 0.05) is 21.4 Å². The zero-order valence-electron chi connectivity index (χ0n) is 19.0. The number of hydrogen-bond donors (Lipinski definition) is 2. The van der Waals surface area contributed by atoms with Gasteiger partial charge in [-0.2, -0.15) is 0 Å². The van der Waals surface area contributed by atoms with Crippen molar-refractivity contribution in [2.75, 3.05) is 23.0 Å². The van der Waals surface area contributed by atoms with Gasteiger partial charge in [-0.05, 0) is 73.2 Å². The molecule has 0 saturated carbocycles. The topological polar surface area (TPSA) is 80.3 Å². The van der Waals surface area contributed by atoms with Crippen LogP contribution in [0.1, 0.15) is 30.1 Å². The number of hydrogen-bond acceptors (Lipinski definition) is 6. The molecule has 0 unspecified atom stereocenters. The molecule has 180 valence electrons. The van der Waals surface area contributed by atoms with Crippen LogP contribution in [-0.4, -0.2) is 29.2 Å². The van der Waals surface area contributed by atoms with Crippen LogP contribution in [0, 0.1) is 0 Å². The fourth-order valence-electron chi connectivity index (χ4n) is 3.14. The summed E-state index contributed by atoms with van der Waals surface area (Å²) in [4.78, 5) is 29.5. The molecule has 0 aliphatic heterocycles. The van der Waals surface area contributed by atoms with Crippen LogP contribution in [0.3, 0.4) is 0 Å². The van der Waals surface area contributed by atoms with E-state index in [0.717, 1.165) is 43.3 Å². The van der Waals surface area contributed by atoms with E-state index in [1.165, 1.54) is 23.1 Å². The lowest BCUT2D eigenvalue weighted by Crippen LogP contribution is -2.13. The second-order valence-electron chi connectivity index (χ2n) is 7.69. The maximum atomic E-state index is 12.7. The number of carbonyl (C=O) groups excluding carboxylic acids is 2. The monoisotopic (exact) mass is 569 g/mol. The Morgan fingerprint density at radius 3 is 2.49 bits per heavy atom. The molecule has 0 fully saturated rings. The van der Waals surface area contributed by atoms with Crippen LogP contribution in [0.25, 0.3) is 10.2 Å². The van der Waals surface area contributed by atoms with E-state index in [0.29, 0.717) is 17.9 Å².